The van der Waals surface area contributed by atoms with Crippen molar-refractivity contribution in [2.75, 3.05) is 12.4 Å². The molecule has 0 saturated heterocycles. The first kappa shape index (κ1) is 14.1. The SMILES string of the molecule is CNc1cc(Oc2ccc(C)cc2Cl)cc([N+](=O)[O-])c1. The predicted molar refractivity (Wildman–Crippen MR) is 78.9 cm³/mol. The van der Waals surface area contributed by atoms with E-state index in [1.807, 2.05) is 13.0 Å². The maximum Gasteiger partial charge on any atom is 0.275 e. The Labute approximate surface area is 121 Å². The first-order valence-electron chi connectivity index (χ1n) is 5.91. The molecule has 0 spiro atoms. The molecule has 0 amide bonds. The number of non-ortho nitro benzene ring substituents is 1. The fourth-order valence-electron chi connectivity index (χ4n) is 1.71. The van der Waals surface area contributed by atoms with Crippen LogP contribution >= 0.6 is 11.6 Å². The minimum Gasteiger partial charge on any atom is -0.455 e. The van der Waals surface area contributed by atoms with Gasteiger partial charge in [-0.25, -0.2) is 0 Å². The van der Waals surface area contributed by atoms with Gasteiger partial charge in [-0.2, -0.15) is 0 Å². The molecule has 0 aliphatic carbocycles. The van der Waals surface area contributed by atoms with Crippen LogP contribution in [0, 0.1) is 17.0 Å². The van der Waals surface area contributed by atoms with Gasteiger partial charge in [0.1, 0.15) is 11.5 Å². The largest absolute Gasteiger partial charge is 0.455 e. The zero-order valence-corrected chi connectivity index (χ0v) is 11.8. The third-order valence-corrected chi connectivity index (χ3v) is 3.00. The minimum absolute atomic E-state index is 0.0462. The molecular weight excluding hydrogens is 280 g/mol. The molecule has 0 bridgehead atoms. The molecular formula is C14H13ClN2O3. The molecule has 0 aliphatic rings. The average Bonchev–Trinajstić information content (AvgIpc) is 2.41. The van der Waals surface area contributed by atoms with Gasteiger partial charge in [0, 0.05) is 24.9 Å². The highest BCUT2D eigenvalue weighted by Gasteiger charge is 2.12. The molecule has 0 fully saturated rings. The molecule has 2 aromatic carbocycles. The van der Waals surface area contributed by atoms with Crippen molar-refractivity contribution in [2.45, 2.75) is 6.92 Å². The molecule has 1 N–H and O–H groups in total. The third-order valence-electron chi connectivity index (χ3n) is 2.71. The second kappa shape index (κ2) is 5.79. The van der Waals surface area contributed by atoms with E-state index in [4.69, 9.17) is 16.3 Å². The summed E-state index contributed by atoms with van der Waals surface area (Å²) in [4.78, 5) is 10.4. The van der Waals surface area contributed by atoms with Crippen molar-refractivity contribution < 1.29 is 9.66 Å². The summed E-state index contributed by atoms with van der Waals surface area (Å²) in [5.41, 5.74) is 1.56. The first-order chi connectivity index (χ1) is 9.49. The van der Waals surface area contributed by atoms with Crippen LogP contribution in [0.15, 0.2) is 36.4 Å². The summed E-state index contributed by atoms with van der Waals surface area (Å²) in [5, 5.41) is 14.2. The van der Waals surface area contributed by atoms with Gasteiger partial charge in [0.25, 0.3) is 5.69 Å². The number of halogens is 1. The van der Waals surface area contributed by atoms with Gasteiger partial charge in [0.05, 0.1) is 16.0 Å². The first-order valence-corrected chi connectivity index (χ1v) is 6.28. The Bertz CT molecular complexity index is 659. The van der Waals surface area contributed by atoms with E-state index in [9.17, 15) is 10.1 Å². The maximum atomic E-state index is 10.9. The Kier molecular flexibility index (Phi) is 4.10. The normalized spacial score (nSPS) is 10.2. The van der Waals surface area contributed by atoms with Crippen LogP contribution in [-0.4, -0.2) is 12.0 Å². The van der Waals surface area contributed by atoms with Crippen LogP contribution in [-0.2, 0) is 0 Å². The van der Waals surface area contributed by atoms with E-state index in [1.54, 1.807) is 25.2 Å². The monoisotopic (exact) mass is 292 g/mol. The molecule has 20 heavy (non-hydrogen) atoms. The van der Waals surface area contributed by atoms with E-state index in [2.05, 4.69) is 5.32 Å². The topological polar surface area (TPSA) is 64.4 Å². The fourth-order valence-corrected chi connectivity index (χ4v) is 1.98. The lowest BCUT2D eigenvalue weighted by molar-refractivity contribution is -0.384. The van der Waals surface area contributed by atoms with Gasteiger partial charge in [-0.3, -0.25) is 10.1 Å². The standard InChI is InChI=1S/C14H13ClN2O3/c1-9-3-4-14(13(15)5-9)20-12-7-10(16-2)6-11(8-12)17(18)19/h3-8,16H,1-2H3. The Morgan fingerprint density at radius 1 is 1.25 bits per heavy atom. The highest BCUT2D eigenvalue weighted by Crippen LogP contribution is 2.33. The predicted octanol–water partition coefficient (Wildman–Crippen LogP) is 4.39. The van der Waals surface area contributed by atoms with Crippen molar-refractivity contribution >= 4 is 23.0 Å². The molecule has 0 saturated carbocycles. The molecule has 5 nitrogen and oxygen atoms in total. The number of nitrogens with zero attached hydrogens (tertiary/aromatic N) is 1. The molecule has 0 atom stereocenters. The van der Waals surface area contributed by atoms with Gasteiger partial charge in [-0.1, -0.05) is 17.7 Å². The molecule has 0 radical (unpaired) electrons. The third kappa shape index (κ3) is 3.19. The number of nitro groups is 1. The van der Waals surface area contributed by atoms with Gasteiger partial charge in [-0.05, 0) is 24.6 Å². The van der Waals surface area contributed by atoms with Crippen LogP contribution in [0.3, 0.4) is 0 Å². The number of ether oxygens (including phenoxy) is 1. The van der Waals surface area contributed by atoms with Crippen molar-refractivity contribution in [3.05, 3.63) is 57.1 Å². The molecule has 6 heteroatoms. The van der Waals surface area contributed by atoms with E-state index < -0.39 is 4.92 Å². The van der Waals surface area contributed by atoms with Crippen molar-refractivity contribution in [1.29, 1.82) is 0 Å². The van der Waals surface area contributed by atoms with Gasteiger partial charge in [0.15, 0.2) is 0 Å². The second-order valence-corrected chi connectivity index (χ2v) is 4.67. The molecule has 2 rings (SSSR count). The zero-order chi connectivity index (χ0) is 14.7. The number of aryl methyl sites for hydroxylation is 1. The molecule has 0 aromatic heterocycles. The number of rotatable bonds is 4. The van der Waals surface area contributed by atoms with Gasteiger partial charge >= 0.3 is 0 Å². The van der Waals surface area contributed by atoms with Crippen LogP contribution in [0.2, 0.25) is 5.02 Å². The number of hydrogen-bond acceptors (Lipinski definition) is 4. The summed E-state index contributed by atoms with van der Waals surface area (Å²) in [7, 11) is 1.68. The van der Waals surface area contributed by atoms with Gasteiger partial charge in [-0.15, -0.1) is 0 Å². The quantitative estimate of drug-likeness (QED) is 0.670. The van der Waals surface area contributed by atoms with Crippen molar-refractivity contribution in [1.82, 2.24) is 0 Å². The van der Waals surface area contributed by atoms with Crippen LogP contribution in [0.4, 0.5) is 11.4 Å². The highest BCUT2D eigenvalue weighted by molar-refractivity contribution is 6.32. The number of benzene rings is 2. The number of anilines is 1. The van der Waals surface area contributed by atoms with Crippen molar-refractivity contribution in [3.63, 3.8) is 0 Å². The van der Waals surface area contributed by atoms with Crippen molar-refractivity contribution in [3.8, 4) is 11.5 Å². The summed E-state index contributed by atoms with van der Waals surface area (Å²) < 4.78 is 5.62. The Morgan fingerprint density at radius 3 is 2.60 bits per heavy atom. The Morgan fingerprint density at radius 2 is 2.00 bits per heavy atom. The van der Waals surface area contributed by atoms with E-state index in [0.717, 1.165) is 5.56 Å². The lowest BCUT2D eigenvalue weighted by Crippen LogP contribution is -1.94. The minimum atomic E-state index is -0.468. The van der Waals surface area contributed by atoms with Crippen LogP contribution in [0.25, 0.3) is 0 Å². The number of nitro benzene ring substituents is 1. The molecule has 104 valence electrons. The zero-order valence-electron chi connectivity index (χ0n) is 11.0. The van der Waals surface area contributed by atoms with Gasteiger partial charge in [0.2, 0.25) is 0 Å². The van der Waals surface area contributed by atoms with E-state index in [1.165, 1.54) is 12.1 Å². The Hall–Kier alpha value is -2.27. The van der Waals surface area contributed by atoms with Crippen LogP contribution in [0.1, 0.15) is 5.56 Å². The summed E-state index contributed by atoms with van der Waals surface area (Å²) in [6.07, 6.45) is 0. The number of hydrogen-bond donors (Lipinski definition) is 1. The second-order valence-electron chi connectivity index (χ2n) is 4.26. The van der Waals surface area contributed by atoms with Crippen LogP contribution in [0.5, 0.6) is 11.5 Å². The smallest absolute Gasteiger partial charge is 0.275 e. The number of nitrogens with one attached hydrogen (secondary N) is 1. The highest BCUT2D eigenvalue weighted by atomic mass is 35.5. The summed E-state index contributed by atoms with van der Waals surface area (Å²) in [5.74, 6) is 0.814. The van der Waals surface area contributed by atoms with E-state index in [0.29, 0.717) is 22.2 Å². The Balaban J connectivity index is 2.37. The van der Waals surface area contributed by atoms with E-state index >= 15 is 0 Å². The average molecular weight is 293 g/mol. The lowest BCUT2D eigenvalue weighted by atomic mass is 10.2. The molecule has 2 aromatic rings. The fraction of sp³-hybridized carbons (Fsp3) is 0.143. The lowest BCUT2D eigenvalue weighted by Gasteiger charge is -2.09. The van der Waals surface area contributed by atoms with Crippen molar-refractivity contribution in [2.24, 2.45) is 0 Å². The summed E-state index contributed by atoms with van der Waals surface area (Å²) in [6, 6.07) is 9.82. The maximum absolute atomic E-state index is 10.9. The summed E-state index contributed by atoms with van der Waals surface area (Å²) in [6.45, 7) is 1.92. The molecule has 0 aliphatic heterocycles. The molecule has 0 heterocycles. The summed E-state index contributed by atoms with van der Waals surface area (Å²) >= 11 is 6.08. The molecule has 0 unspecified atom stereocenters. The van der Waals surface area contributed by atoms with E-state index in [-0.39, 0.29) is 5.69 Å². The van der Waals surface area contributed by atoms with Gasteiger partial charge < -0.3 is 10.1 Å². The van der Waals surface area contributed by atoms with Crippen LogP contribution < -0.4 is 10.1 Å².